The first kappa shape index (κ1) is 18.5. The molecular formula is C22H17ClN2O2. The van der Waals surface area contributed by atoms with E-state index in [4.69, 9.17) is 18.0 Å². The molecule has 134 valence electrons. The highest BCUT2D eigenvalue weighted by Gasteiger charge is 2.27. The number of benzene rings is 2. The predicted molar refractivity (Wildman–Crippen MR) is 109 cm³/mol. The van der Waals surface area contributed by atoms with Crippen LogP contribution in [0.4, 0.5) is 0 Å². The molecule has 1 aliphatic rings. The fourth-order valence-electron chi connectivity index (χ4n) is 2.56. The van der Waals surface area contributed by atoms with E-state index in [0.717, 1.165) is 5.56 Å². The van der Waals surface area contributed by atoms with Gasteiger partial charge < -0.3 is 5.11 Å². The molecule has 2 aromatic rings. The van der Waals surface area contributed by atoms with E-state index in [2.05, 4.69) is 10.9 Å². The molecule has 1 amide bonds. The molecule has 0 aliphatic carbocycles. The average Bonchev–Trinajstić information content (AvgIpc) is 2.94. The molecule has 0 saturated heterocycles. The van der Waals surface area contributed by atoms with Crippen molar-refractivity contribution in [2.24, 2.45) is 4.99 Å². The third-order valence-electron chi connectivity index (χ3n) is 4.00. The van der Waals surface area contributed by atoms with Crippen molar-refractivity contribution in [2.75, 3.05) is 6.54 Å². The van der Waals surface area contributed by atoms with Crippen LogP contribution in [0.2, 0.25) is 5.02 Å². The summed E-state index contributed by atoms with van der Waals surface area (Å²) in [7, 11) is 0. The average molecular weight is 377 g/mol. The summed E-state index contributed by atoms with van der Waals surface area (Å²) in [6.45, 7) is 2.15. The molecule has 0 fully saturated rings. The topological polar surface area (TPSA) is 52.9 Å². The highest BCUT2D eigenvalue weighted by atomic mass is 35.5. The van der Waals surface area contributed by atoms with E-state index in [-0.39, 0.29) is 28.9 Å². The number of phenols is 1. The summed E-state index contributed by atoms with van der Waals surface area (Å²) in [5, 5.41) is 9.73. The molecule has 0 saturated carbocycles. The molecule has 5 heteroatoms. The number of phenolic OH excluding ortho intramolecular Hbond substituents is 1. The molecule has 0 aromatic heterocycles. The summed E-state index contributed by atoms with van der Waals surface area (Å²) in [5.41, 5.74) is 3.09. The Morgan fingerprint density at radius 1 is 1.19 bits per heavy atom. The van der Waals surface area contributed by atoms with Gasteiger partial charge in [0.1, 0.15) is 17.3 Å². The van der Waals surface area contributed by atoms with Crippen molar-refractivity contribution < 1.29 is 9.90 Å². The SMILES string of the molecule is C#CCN1C(=O)/C(=C/c2ccc(O)c(Cl)c2)N=C1/C=C/c1ccc(C)cc1. The number of carbonyl (C=O) groups is 1. The number of aromatic hydroxyl groups is 1. The zero-order valence-corrected chi connectivity index (χ0v) is 15.4. The van der Waals surface area contributed by atoms with Crippen LogP contribution in [0.5, 0.6) is 5.75 Å². The van der Waals surface area contributed by atoms with Crippen molar-refractivity contribution in [3.63, 3.8) is 0 Å². The molecule has 0 atom stereocenters. The second-order valence-corrected chi connectivity index (χ2v) is 6.46. The minimum atomic E-state index is -0.277. The van der Waals surface area contributed by atoms with Gasteiger partial charge in [0.25, 0.3) is 5.91 Å². The van der Waals surface area contributed by atoms with E-state index in [0.29, 0.717) is 11.4 Å². The van der Waals surface area contributed by atoms with Crippen LogP contribution < -0.4 is 0 Å². The molecule has 1 aliphatic heterocycles. The number of aryl methyl sites for hydroxylation is 1. The standard InChI is InChI=1S/C22H17ClN2O2/c1-3-12-25-21(11-9-16-6-4-15(2)5-7-16)24-19(22(25)27)14-17-8-10-20(26)18(23)13-17/h1,4-11,13-14,26H,12H2,2H3/b11-9+,19-14-. The van der Waals surface area contributed by atoms with E-state index in [1.165, 1.54) is 16.5 Å². The van der Waals surface area contributed by atoms with Crippen LogP contribution in [0.3, 0.4) is 0 Å². The van der Waals surface area contributed by atoms with Gasteiger partial charge in [-0.1, -0.05) is 59.5 Å². The second kappa shape index (κ2) is 7.94. The zero-order valence-electron chi connectivity index (χ0n) is 14.7. The number of amides is 1. The van der Waals surface area contributed by atoms with Crippen LogP contribution in [-0.4, -0.2) is 28.3 Å². The first-order chi connectivity index (χ1) is 13.0. The Bertz CT molecular complexity index is 1010. The van der Waals surface area contributed by atoms with E-state index in [1.807, 2.05) is 37.3 Å². The lowest BCUT2D eigenvalue weighted by molar-refractivity contribution is -0.122. The third kappa shape index (κ3) is 4.28. The van der Waals surface area contributed by atoms with Crippen molar-refractivity contribution in [1.29, 1.82) is 0 Å². The summed E-state index contributed by atoms with van der Waals surface area (Å²) in [6.07, 6.45) is 10.7. The van der Waals surface area contributed by atoms with Gasteiger partial charge in [-0.2, -0.15) is 0 Å². The molecular weight excluding hydrogens is 360 g/mol. The van der Waals surface area contributed by atoms with Crippen LogP contribution in [0.25, 0.3) is 12.2 Å². The Labute approximate surface area is 163 Å². The van der Waals surface area contributed by atoms with Gasteiger partial charge in [0.15, 0.2) is 0 Å². The maximum absolute atomic E-state index is 12.6. The minimum absolute atomic E-state index is 0.0178. The van der Waals surface area contributed by atoms with Crippen molar-refractivity contribution in [3.05, 3.63) is 76.0 Å². The first-order valence-corrected chi connectivity index (χ1v) is 8.64. The number of amidine groups is 1. The molecule has 3 rings (SSSR count). The lowest BCUT2D eigenvalue weighted by Gasteiger charge is -2.12. The fourth-order valence-corrected chi connectivity index (χ4v) is 2.75. The maximum atomic E-state index is 12.6. The lowest BCUT2D eigenvalue weighted by atomic mass is 10.1. The van der Waals surface area contributed by atoms with Crippen molar-refractivity contribution >= 4 is 35.5 Å². The van der Waals surface area contributed by atoms with Gasteiger partial charge in [0.05, 0.1) is 11.6 Å². The van der Waals surface area contributed by atoms with Gasteiger partial charge in [0, 0.05) is 0 Å². The number of aliphatic imine (C=N–C) groups is 1. The Morgan fingerprint density at radius 2 is 1.89 bits per heavy atom. The number of carbonyl (C=O) groups excluding carboxylic acids is 1. The Hall–Kier alpha value is -3.29. The predicted octanol–water partition coefficient (Wildman–Crippen LogP) is 4.28. The van der Waals surface area contributed by atoms with Gasteiger partial charge >= 0.3 is 0 Å². The van der Waals surface area contributed by atoms with E-state index < -0.39 is 0 Å². The van der Waals surface area contributed by atoms with Crippen molar-refractivity contribution in [1.82, 2.24) is 4.90 Å². The Kier molecular flexibility index (Phi) is 5.44. The quantitative estimate of drug-likeness (QED) is 0.639. The highest BCUT2D eigenvalue weighted by molar-refractivity contribution is 6.32. The van der Waals surface area contributed by atoms with Gasteiger partial charge in [-0.25, -0.2) is 4.99 Å². The Morgan fingerprint density at radius 3 is 2.56 bits per heavy atom. The largest absolute Gasteiger partial charge is 0.506 e. The molecule has 1 heterocycles. The number of hydrogen-bond donors (Lipinski definition) is 1. The molecule has 0 spiro atoms. The van der Waals surface area contributed by atoms with Crippen molar-refractivity contribution in [3.8, 4) is 18.1 Å². The zero-order chi connectivity index (χ0) is 19.4. The summed E-state index contributed by atoms with van der Waals surface area (Å²) in [6, 6.07) is 12.7. The third-order valence-corrected chi connectivity index (χ3v) is 4.31. The summed E-state index contributed by atoms with van der Waals surface area (Å²) in [4.78, 5) is 18.5. The fraction of sp³-hybridized carbons (Fsp3) is 0.0909. The summed E-state index contributed by atoms with van der Waals surface area (Å²) < 4.78 is 0. The molecule has 0 radical (unpaired) electrons. The minimum Gasteiger partial charge on any atom is -0.506 e. The van der Waals surface area contributed by atoms with Crippen molar-refractivity contribution in [2.45, 2.75) is 6.92 Å². The van der Waals surface area contributed by atoms with Crippen LogP contribution in [0.1, 0.15) is 16.7 Å². The lowest BCUT2D eigenvalue weighted by Crippen LogP contribution is -2.31. The number of rotatable bonds is 4. The first-order valence-electron chi connectivity index (χ1n) is 8.27. The van der Waals surface area contributed by atoms with E-state index in [1.54, 1.807) is 24.3 Å². The summed E-state index contributed by atoms with van der Waals surface area (Å²) in [5.74, 6) is 2.67. The smallest absolute Gasteiger partial charge is 0.278 e. The van der Waals surface area contributed by atoms with Crippen LogP contribution >= 0.6 is 11.6 Å². The molecule has 0 bridgehead atoms. The van der Waals surface area contributed by atoms with Crippen LogP contribution in [-0.2, 0) is 4.79 Å². The molecule has 27 heavy (non-hydrogen) atoms. The number of nitrogens with zero attached hydrogens (tertiary/aromatic N) is 2. The number of terminal acetylenes is 1. The molecule has 1 N–H and O–H groups in total. The van der Waals surface area contributed by atoms with E-state index in [9.17, 15) is 9.90 Å². The normalized spacial score (nSPS) is 15.4. The number of hydrogen-bond acceptors (Lipinski definition) is 3. The highest BCUT2D eigenvalue weighted by Crippen LogP contribution is 2.26. The van der Waals surface area contributed by atoms with Gasteiger partial charge in [-0.05, 0) is 42.3 Å². The molecule has 4 nitrogen and oxygen atoms in total. The second-order valence-electron chi connectivity index (χ2n) is 6.05. The van der Waals surface area contributed by atoms with Gasteiger partial charge in [-0.15, -0.1) is 6.42 Å². The van der Waals surface area contributed by atoms with Crippen LogP contribution in [0.15, 0.2) is 59.2 Å². The van der Waals surface area contributed by atoms with Gasteiger partial charge in [0.2, 0.25) is 0 Å². The Balaban J connectivity index is 1.92. The van der Waals surface area contributed by atoms with Gasteiger partial charge in [-0.3, -0.25) is 9.69 Å². The van der Waals surface area contributed by atoms with E-state index >= 15 is 0 Å². The molecule has 0 unspecified atom stereocenters. The van der Waals surface area contributed by atoms with Crippen LogP contribution in [0, 0.1) is 19.3 Å². The summed E-state index contributed by atoms with van der Waals surface area (Å²) >= 11 is 5.92. The molecule has 2 aromatic carbocycles. The monoisotopic (exact) mass is 376 g/mol. The number of halogens is 1. The maximum Gasteiger partial charge on any atom is 0.278 e.